The first-order valence-corrected chi connectivity index (χ1v) is 6.95. The number of thiazole rings is 1. The fourth-order valence-corrected chi connectivity index (χ4v) is 3.58. The van der Waals surface area contributed by atoms with Gasteiger partial charge in [-0.3, -0.25) is 4.98 Å². The molecular formula is C14H16N2OS. The van der Waals surface area contributed by atoms with Crippen molar-refractivity contribution < 1.29 is 5.11 Å². The quantitative estimate of drug-likeness (QED) is 0.856. The van der Waals surface area contributed by atoms with Crippen molar-refractivity contribution in [3.63, 3.8) is 0 Å². The van der Waals surface area contributed by atoms with E-state index >= 15 is 0 Å². The van der Waals surface area contributed by atoms with Crippen molar-refractivity contribution in [2.45, 2.75) is 32.8 Å². The Labute approximate surface area is 111 Å². The number of fused-ring (bicyclic) bond motifs is 1. The highest BCUT2D eigenvalue weighted by Gasteiger charge is 2.34. The first-order valence-electron chi connectivity index (χ1n) is 6.13. The van der Waals surface area contributed by atoms with Gasteiger partial charge in [0.15, 0.2) is 0 Å². The molecule has 0 radical (unpaired) electrons. The van der Waals surface area contributed by atoms with E-state index in [9.17, 15) is 5.11 Å². The van der Waals surface area contributed by atoms with E-state index in [4.69, 9.17) is 4.98 Å². The molecule has 0 saturated heterocycles. The monoisotopic (exact) mass is 260 g/mol. The molecule has 2 aromatic rings. The van der Waals surface area contributed by atoms with Crippen LogP contribution in [-0.4, -0.2) is 15.1 Å². The third-order valence-electron chi connectivity index (χ3n) is 3.35. The van der Waals surface area contributed by atoms with Gasteiger partial charge in [0.1, 0.15) is 5.01 Å². The van der Waals surface area contributed by atoms with Crippen LogP contribution in [0.5, 0.6) is 0 Å². The van der Waals surface area contributed by atoms with Crippen molar-refractivity contribution in [2.24, 2.45) is 5.41 Å². The molecule has 1 N–H and O–H groups in total. The van der Waals surface area contributed by atoms with Gasteiger partial charge in [-0.2, -0.15) is 0 Å². The van der Waals surface area contributed by atoms with Crippen LogP contribution in [0.4, 0.5) is 0 Å². The number of aromatic nitrogens is 2. The van der Waals surface area contributed by atoms with Crippen molar-refractivity contribution in [3.8, 4) is 10.6 Å². The molecule has 0 bridgehead atoms. The van der Waals surface area contributed by atoms with Gasteiger partial charge >= 0.3 is 0 Å². The zero-order chi connectivity index (χ0) is 12.8. The van der Waals surface area contributed by atoms with Gasteiger partial charge in [-0.25, -0.2) is 4.98 Å². The van der Waals surface area contributed by atoms with Crippen LogP contribution in [-0.2, 0) is 6.42 Å². The predicted octanol–water partition coefficient (Wildman–Crippen LogP) is 3.21. The molecule has 0 aliphatic heterocycles. The highest BCUT2D eigenvalue weighted by atomic mass is 32.1. The third-order valence-corrected chi connectivity index (χ3v) is 4.60. The molecule has 0 saturated carbocycles. The Hall–Kier alpha value is -1.26. The SMILES string of the molecule is CC1(C)Cc2nc(-c3ccncc3)sc2C(O)C1. The minimum atomic E-state index is -0.364. The van der Waals surface area contributed by atoms with E-state index in [-0.39, 0.29) is 11.5 Å². The molecule has 0 fully saturated rings. The van der Waals surface area contributed by atoms with Crippen molar-refractivity contribution in [3.05, 3.63) is 35.1 Å². The number of aliphatic hydroxyl groups is 1. The molecule has 3 nitrogen and oxygen atoms in total. The molecule has 2 heterocycles. The van der Waals surface area contributed by atoms with E-state index in [1.807, 2.05) is 12.1 Å². The average molecular weight is 260 g/mol. The van der Waals surface area contributed by atoms with E-state index < -0.39 is 0 Å². The molecule has 0 spiro atoms. The Bertz CT molecular complexity index is 562. The Morgan fingerprint density at radius 2 is 2.06 bits per heavy atom. The predicted molar refractivity (Wildman–Crippen MR) is 72.4 cm³/mol. The van der Waals surface area contributed by atoms with Crippen LogP contribution in [0, 0.1) is 5.41 Å². The maximum absolute atomic E-state index is 10.2. The molecular weight excluding hydrogens is 244 g/mol. The Morgan fingerprint density at radius 3 is 2.78 bits per heavy atom. The number of hydrogen-bond acceptors (Lipinski definition) is 4. The van der Waals surface area contributed by atoms with Crippen LogP contribution < -0.4 is 0 Å². The summed E-state index contributed by atoms with van der Waals surface area (Å²) in [6, 6.07) is 3.92. The molecule has 18 heavy (non-hydrogen) atoms. The lowest BCUT2D eigenvalue weighted by Gasteiger charge is -2.31. The van der Waals surface area contributed by atoms with E-state index in [0.29, 0.717) is 0 Å². The average Bonchev–Trinajstić information content (AvgIpc) is 2.72. The summed E-state index contributed by atoms with van der Waals surface area (Å²) < 4.78 is 0. The van der Waals surface area contributed by atoms with Crippen molar-refractivity contribution in [2.75, 3.05) is 0 Å². The summed E-state index contributed by atoms with van der Waals surface area (Å²) in [7, 11) is 0. The largest absolute Gasteiger partial charge is 0.387 e. The standard InChI is InChI=1S/C14H16N2OS/c1-14(2)7-10-12(11(17)8-14)18-13(16-10)9-3-5-15-6-4-9/h3-6,11,17H,7-8H2,1-2H3. The molecule has 1 unspecified atom stereocenters. The summed E-state index contributed by atoms with van der Waals surface area (Å²) in [4.78, 5) is 9.76. The number of hydrogen-bond donors (Lipinski definition) is 1. The fraction of sp³-hybridized carbons (Fsp3) is 0.429. The second-order valence-corrected chi connectivity index (χ2v) is 6.66. The molecule has 2 aromatic heterocycles. The maximum Gasteiger partial charge on any atom is 0.124 e. The summed E-state index contributed by atoms with van der Waals surface area (Å²) in [5.41, 5.74) is 2.28. The maximum atomic E-state index is 10.2. The molecule has 0 amide bonds. The van der Waals surface area contributed by atoms with Gasteiger partial charge in [0.2, 0.25) is 0 Å². The fourth-order valence-electron chi connectivity index (χ4n) is 2.51. The minimum Gasteiger partial charge on any atom is -0.387 e. The molecule has 1 aliphatic carbocycles. The first-order chi connectivity index (χ1) is 8.55. The minimum absolute atomic E-state index is 0.135. The van der Waals surface area contributed by atoms with Gasteiger partial charge in [0.25, 0.3) is 0 Å². The second kappa shape index (κ2) is 4.14. The summed E-state index contributed by atoms with van der Waals surface area (Å²) in [6.45, 7) is 4.37. The first kappa shape index (κ1) is 11.8. The summed E-state index contributed by atoms with van der Waals surface area (Å²) in [5.74, 6) is 0. The molecule has 3 rings (SSSR count). The Kier molecular flexibility index (Phi) is 2.72. The summed E-state index contributed by atoms with van der Waals surface area (Å²) in [6.07, 6.45) is 4.95. The van der Waals surface area contributed by atoms with Crippen LogP contribution in [0.2, 0.25) is 0 Å². The highest BCUT2D eigenvalue weighted by molar-refractivity contribution is 7.15. The molecule has 94 valence electrons. The van der Waals surface area contributed by atoms with Gasteiger partial charge in [-0.15, -0.1) is 11.3 Å². The van der Waals surface area contributed by atoms with Crippen molar-refractivity contribution in [1.82, 2.24) is 9.97 Å². The van der Waals surface area contributed by atoms with Crippen LogP contribution in [0.25, 0.3) is 10.6 Å². The number of nitrogens with zero attached hydrogens (tertiary/aromatic N) is 2. The Balaban J connectivity index is 2.03. The molecule has 1 atom stereocenters. The zero-order valence-corrected chi connectivity index (χ0v) is 11.4. The van der Waals surface area contributed by atoms with E-state index in [1.165, 1.54) is 0 Å². The van der Waals surface area contributed by atoms with Crippen LogP contribution >= 0.6 is 11.3 Å². The van der Waals surface area contributed by atoms with E-state index in [2.05, 4.69) is 18.8 Å². The molecule has 0 aromatic carbocycles. The van der Waals surface area contributed by atoms with Crippen LogP contribution in [0.15, 0.2) is 24.5 Å². The van der Waals surface area contributed by atoms with Gasteiger partial charge in [-0.1, -0.05) is 13.8 Å². The van der Waals surface area contributed by atoms with Crippen molar-refractivity contribution in [1.29, 1.82) is 0 Å². The number of pyridine rings is 1. The lowest BCUT2D eigenvalue weighted by Crippen LogP contribution is -2.24. The molecule has 4 heteroatoms. The zero-order valence-electron chi connectivity index (χ0n) is 10.6. The highest BCUT2D eigenvalue weighted by Crippen LogP contribution is 2.44. The van der Waals surface area contributed by atoms with Gasteiger partial charge < -0.3 is 5.11 Å². The number of rotatable bonds is 1. The number of aliphatic hydroxyl groups excluding tert-OH is 1. The second-order valence-electron chi connectivity index (χ2n) is 5.63. The lowest BCUT2D eigenvalue weighted by atomic mass is 9.77. The van der Waals surface area contributed by atoms with Crippen LogP contribution in [0.3, 0.4) is 0 Å². The van der Waals surface area contributed by atoms with E-state index in [1.54, 1.807) is 23.7 Å². The van der Waals surface area contributed by atoms with Gasteiger partial charge in [0, 0.05) is 18.0 Å². The summed E-state index contributed by atoms with van der Waals surface area (Å²) >= 11 is 1.61. The Morgan fingerprint density at radius 1 is 1.33 bits per heavy atom. The normalized spacial score (nSPS) is 21.6. The smallest absolute Gasteiger partial charge is 0.124 e. The lowest BCUT2D eigenvalue weighted by molar-refractivity contribution is 0.102. The van der Waals surface area contributed by atoms with Crippen LogP contribution in [0.1, 0.15) is 36.9 Å². The van der Waals surface area contributed by atoms with E-state index in [0.717, 1.165) is 34.0 Å². The third kappa shape index (κ3) is 2.06. The van der Waals surface area contributed by atoms with Gasteiger partial charge in [0.05, 0.1) is 16.7 Å². The molecule has 1 aliphatic rings. The topological polar surface area (TPSA) is 46.0 Å². The van der Waals surface area contributed by atoms with Crippen molar-refractivity contribution >= 4 is 11.3 Å². The summed E-state index contributed by atoms with van der Waals surface area (Å²) in [5, 5.41) is 11.2. The van der Waals surface area contributed by atoms with Gasteiger partial charge in [-0.05, 0) is 30.4 Å².